The molecule has 1 N–H and O–H groups in total. The zero-order chi connectivity index (χ0) is 24.2. The van der Waals surface area contributed by atoms with Crippen molar-refractivity contribution in [3.8, 4) is 11.1 Å². The number of ether oxygens (including phenoxy) is 1. The van der Waals surface area contributed by atoms with Crippen LogP contribution in [0.2, 0.25) is 5.02 Å². The summed E-state index contributed by atoms with van der Waals surface area (Å²) in [5.41, 5.74) is 3.07. The molecule has 2 aromatic carbocycles. The zero-order valence-corrected chi connectivity index (χ0v) is 20.3. The van der Waals surface area contributed by atoms with Gasteiger partial charge in [-0.3, -0.25) is 9.59 Å². The molecule has 0 unspecified atom stereocenters. The molecule has 2 aromatic heterocycles. The maximum absolute atomic E-state index is 12.7. The summed E-state index contributed by atoms with van der Waals surface area (Å²) in [6.45, 7) is 2.60. The molecule has 0 bridgehead atoms. The molecule has 0 radical (unpaired) electrons. The Balaban J connectivity index is 1.28. The Morgan fingerprint density at radius 1 is 1.11 bits per heavy atom. The first-order chi connectivity index (χ1) is 17.1. The Labute approximate surface area is 211 Å². The molecule has 1 saturated heterocycles. The fraction of sp³-hybridized carbons (Fsp3) is 0.192. The summed E-state index contributed by atoms with van der Waals surface area (Å²) in [5, 5.41) is 6.73. The largest absolute Gasteiger partial charge is 0.458 e. The van der Waals surface area contributed by atoms with Gasteiger partial charge in [-0.2, -0.15) is 0 Å². The van der Waals surface area contributed by atoms with Crippen LogP contribution in [-0.4, -0.2) is 48.0 Å². The van der Waals surface area contributed by atoms with Gasteiger partial charge in [-0.15, -0.1) is 11.3 Å². The van der Waals surface area contributed by atoms with E-state index < -0.39 is 0 Å². The monoisotopic (exact) mass is 507 g/mol. The number of fused-ring (bicyclic) bond motifs is 1. The lowest BCUT2D eigenvalue weighted by atomic mass is 10.0. The zero-order valence-electron chi connectivity index (χ0n) is 18.7. The number of nitrogens with one attached hydrogen (secondary N) is 1. The molecular weight excluding hydrogens is 486 g/mol. The van der Waals surface area contributed by atoms with Gasteiger partial charge in [-0.05, 0) is 47.5 Å². The molecule has 1 fully saturated rings. The number of rotatable bonds is 6. The first-order valence-electron chi connectivity index (χ1n) is 11.1. The lowest BCUT2D eigenvalue weighted by Crippen LogP contribution is -2.40. The van der Waals surface area contributed by atoms with Crippen molar-refractivity contribution >= 4 is 51.8 Å². The molecule has 35 heavy (non-hydrogen) atoms. The number of furan rings is 1. The molecule has 0 atom stereocenters. The van der Waals surface area contributed by atoms with Crippen molar-refractivity contribution in [1.82, 2.24) is 15.2 Å². The van der Waals surface area contributed by atoms with Gasteiger partial charge in [-0.25, -0.2) is 4.98 Å². The van der Waals surface area contributed by atoms with Crippen LogP contribution in [0.25, 0.3) is 28.2 Å². The van der Waals surface area contributed by atoms with E-state index in [2.05, 4.69) is 10.3 Å². The minimum absolute atomic E-state index is 0.0105. The van der Waals surface area contributed by atoms with Crippen molar-refractivity contribution in [2.45, 2.75) is 6.54 Å². The standard InChI is InChI=1S/C26H22ClN3O4S/c27-22-15-19(17-1-3-18(4-2-17)26(32)30-8-10-33-11-9-30)13-20-14-21(34-25(20)22)16-29-23(31)5-6-24-28-7-12-35-24/h1-7,12-15H,8-11,16H2,(H,29,31). The van der Waals surface area contributed by atoms with Crippen molar-refractivity contribution in [2.24, 2.45) is 0 Å². The van der Waals surface area contributed by atoms with Crippen LogP contribution >= 0.6 is 22.9 Å². The summed E-state index contributed by atoms with van der Waals surface area (Å²) < 4.78 is 11.2. The second-order valence-electron chi connectivity index (χ2n) is 7.99. The molecule has 0 saturated carbocycles. The molecule has 7 nitrogen and oxygen atoms in total. The van der Waals surface area contributed by atoms with E-state index in [4.69, 9.17) is 20.8 Å². The van der Waals surface area contributed by atoms with Crippen LogP contribution in [0, 0.1) is 0 Å². The number of carbonyl (C=O) groups excluding carboxylic acids is 2. The van der Waals surface area contributed by atoms with Gasteiger partial charge in [0.2, 0.25) is 5.91 Å². The van der Waals surface area contributed by atoms with Gasteiger partial charge in [0.1, 0.15) is 10.8 Å². The fourth-order valence-electron chi connectivity index (χ4n) is 3.87. The van der Waals surface area contributed by atoms with Gasteiger partial charge in [0.05, 0.1) is 24.8 Å². The summed E-state index contributed by atoms with van der Waals surface area (Å²) in [6, 6.07) is 13.2. The number of thiazole rings is 1. The molecular formula is C26H22ClN3O4S. The number of halogens is 1. The van der Waals surface area contributed by atoms with Gasteiger partial charge in [0.15, 0.2) is 5.58 Å². The summed E-state index contributed by atoms with van der Waals surface area (Å²) in [4.78, 5) is 30.7. The van der Waals surface area contributed by atoms with E-state index in [1.54, 1.807) is 12.3 Å². The minimum Gasteiger partial charge on any atom is -0.458 e. The van der Waals surface area contributed by atoms with Gasteiger partial charge >= 0.3 is 0 Å². The van der Waals surface area contributed by atoms with Crippen LogP contribution in [0.3, 0.4) is 0 Å². The van der Waals surface area contributed by atoms with Gasteiger partial charge in [-0.1, -0.05) is 23.7 Å². The molecule has 0 spiro atoms. The minimum atomic E-state index is -0.237. The topological polar surface area (TPSA) is 84.7 Å². The third-order valence-corrected chi connectivity index (χ3v) is 6.67. The van der Waals surface area contributed by atoms with Crippen molar-refractivity contribution in [3.63, 3.8) is 0 Å². The number of aromatic nitrogens is 1. The number of hydrogen-bond donors (Lipinski definition) is 1. The smallest absolute Gasteiger partial charge is 0.254 e. The predicted molar refractivity (Wildman–Crippen MR) is 136 cm³/mol. The van der Waals surface area contributed by atoms with Gasteiger partial charge in [0.25, 0.3) is 5.91 Å². The Bertz CT molecular complexity index is 1370. The molecule has 178 valence electrons. The highest BCUT2D eigenvalue weighted by Crippen LogP contribution is 2.33. The average Bonchev–Trinajstić information content (AvgIpc) is 3.56. The first-order valence-corrected chi connectivity index (χ1v) is 12.4. The Kier molecular flexibility index (Phi) is 6.94. The summed E-state index contributed by atoms with van der Waals surface area (Å²) in [5.74, 6) is 0.372. The fourth-order valence-corrected chi connectivity index (χ4v) is 4.66. The second kappa shape index (κ2) is 10.4. The van der Waals surface area contributed by atoms with Crippen molar-refractivity contribution in [1.29, 1.82) is 0 Å². The highest BCUT2D eigenvalue weighted by atomic mass is 35.5. The quantitative estimate of drug-likeness (QED) is 0.371. The molecule has 1 aliphatic heterocycles. The molecule has 9 heteroatoms. The van der Waals surface area contributed by atoms with E-state index in [1.807, 2.05) is 52.7 Å². The summed E-state index contributed by atoms with van der Waals surface area (Å²) in [7, 11) is 0. The van der Waals surface area contributed by atoms with Crippen LogP contribution in [0.1, 0.15) is 21.1 Å². The lowest BCUT2D eigenvalue weighted by Gasteiger charge is -2.26. The lowest BCUT2D eigenvalue weighted by molar-refractivity contribution is -0.116. The van der Waals surface area contributed by atoms with Crippen molar-refractivity contribution in [3.05, 3.63) is 81.5 Å². The van der Waals surface area contributed by atoms with E-state index in [-0.39, 0.29) is 18.4 Å². The van der Waals surface area contributed by atoms with Crippen LogP contribution in [-0.2, 0) is 16.1 Å². The van der Waals surface area contributed by atoms with Crippen LogP contribution in [0.15, 0.2) is 64.5 Å². The molecule has 0 aliphatic carbocycles. The molecule has 4 aromatic rings. The highest BCUT2D eigenvalue weighted by molar-refractivity contribution is 7.10. The number of benzene rings is 2. The average molecular weight is 508 g/mol. The predicted octanol–water partition coefficient (Wildman–Crippen LogP) is 5.01. The Hall–Kier alpha value is -3.46. The van der Waals surface area contributed by atoms with Crippen molar-refractivity contribution in [2.75, 3.05) is 26.3 Å². The number of nitrogens with zero attached hydrogens (tertiary/aromatic N) is 2. The highest BCUT2D eigenvalue weighted by Gasteiger charge is 2.18. The van der Waals surface area contributed by atoms with Crippen LogP contribution < -0.4 is 5.32 Å². The molecule has 2 amide bonds. The maximum Gasteiger partial charge on any atom is 0.254 e. The molecule has 3 heterocycles. The Morgan fingerprint density at radius 3 is 2.66 bits per heavy atom. The third-order valence-electron chi connectivity index (χ3n) is 5.65. The van der Waals surface area contributed by atoms with E-state index in [0.29, 0.717) is 48.2 Å². The van der Waals surface area contributed by atoms with Crippen LogP contribution in [0.4, 0.5) is 0 Å². The number of carbonyl (C=O) groups is 2. The van der Waals surface area contributed by atoms with Crippen LogP contribution in [0.5, 0.6) is 0 Å². The number of amides is 2. The van der Waals surface area contributed by atoms with Gasteiger partial charge < -0.3 is 19.4 Å². The van der Waals surface area contributed by atoms with E-state index in [1.165, 1.54) is 17.4 Å². The SMILES string of the molecule is O=C(C=Cc1nccs1)NCc1cc2cc(-c3ccc(C(=O)N4CCOCC4)cc3)cc(Cl)c2o1. The maximum atomic E-state index is 12.7. The summed E-state index contributed by atoms with van der Waals surface area (Å²) in [6.07, 6.45) is 4.80. The van der Waals surface area contributed by atoms with E-state index in [0.717, 1.165) is 21.5 Å². The van der Waals surface area contributed by atoms with E-state index in [9.17, 15) is 9.59 Å². The van der Waals surface area contributed by atoms with Gasteiger partial charge in [0, 0.05) is 41.7 Å². The number of morpholine rings is 1. The number of hydrogen-bond acceptors (Lipinski definition) is 6. The summed E-state index contributed by atoms with van der Waals surface area (Å²) >= 11 is 7.96. The molecule has 5 rings (SSSR count). The second-order valence-corrected chi connectivity index (χ2v) is 9.33. The normalized spacial score (nSPS) is 14.0. The van der Waals surface area contributed by atoms with Crippen molar-refractivity contribution < 1.29 is 18.7 Å². The first kappa shape index (κ1) is 23.3. The Morgan fingerprint density at radius 2 is 1.91 bits per heavy atom. The molecule has 1 aliphatic rings. The third kappa shape index (κ3) is 5.45. The van der Waals surface area contributed by atoms with E-state index >= 15 is 0 Å².